The lowest BCUT2D eigenvalue weighted by atomic mass is 10.0. The molecule has 1 atom stereocenters. The Morgan fingerprint density at radius 1 is 1.50 bits per heavy atom. The first-order chi connectivity index (χ1) is 8.70. The van der Waals surface area contributed by atoms with Crippen molar-refractivity contribution in [2.75, 3.05) is 20.2 Å². The van der Waals surface area contributed by atoms with Crippen molar-refractivity contribution in [2.45, 2.75) is 12.5 Å². The quantitative estimate of drug-likeness (QED) is 0.858. The van der Waals surface area contributed by atoms with E-state index in [1.54, 1.807) is 13.4 Å². The Morgan fingerprint density at radius 2 is 2.22 bits per heavy atom. The number of carbonyl (C=O) groups is 1. The van der Waals surface area contributed by atoms with Crippen molar-refractivity contribution in [3.8, 4) is 5.75 Å². The fourth-order valence-electron chi connectivity index (χ4n) is 2.05. The maximum Gasteiger partial charge on any atom is 0.305 e. The Labute approximate surface area is 106 Å². The molecule has 1 aliphatic heterocycles. The minimum atomic E-state index is -0.809. The summed E-state index contributed by atoms with van der Waals surface area (Å²) in [6, 6.07) is 7.33. The molecule has 1 heterocycles. The zero-order chi connectivity index (χ0) is 13.0. The van der Waals surface area contributed by atoms with Crippen molar-refractivity contribution in [3.05, 3.63) is 29.8 Å². The summed E-state index contributed by atoms with van der Waals surface area (Å²) in [6.07, 6.45) is 1.80. The lowest BCUT2D eigenvalue weighted by Gasteiger charge is -2.26. The van der Waals surface area contributed by atoms with E-state index in [9.17, 15) is 4.79 Å². The van der Waals surface area contributed by atoms with Gasteiger partial charge < -0.3 is 14.7 Å². The number of carboxylic acid groups (broad SMARTS) is 1. The molecule has 1 aromatic carbocycles. The molecule has 18 heavy (non-hydrogen) atoms. The number of rotatable bonds is 5. The minimum Gasteiger partial charge on any atom is -0.497 e. The van der Waals surface area contributed by atoms with E-state index in [4.69, 9.17) is 9.84 Å². The van der Waals surface area contributed by atoms with Crippen molar-refractivity contribution in [1.82, 2.24) is 4.90 Å². The second-order valence-corrected chi connectivity index (χ2v) is 4.15. The molecule has 0 saturated carbocycles. The Kier molecular flexibility index (Phi) is 3.82. The molecule has 96 valence electrons. The third-order valence-corrected chi connectivity index (χ3v) is 2.99. The lowest BCUT2D eigenvalue weighted by Crippen LogP contribution is -2.27. The predicted octanol–water partition coefficient (Wildman–Crippen LogP) is 1.55. The molecular weight excluding hydrogens is 232 g/mol. The molecule has 5 heteroatoms. The number of methoxy groups -OCH3 is 1. The van der Waals surface area contributed by atoms with Crippen molar-refractivity contribution in [3.63, 3.8) is 0 Å². The second-order valence-electron chi connectivity index (χ2n) is 4.15. The number of aliphatic carboxylic acids is 1. The number of ether oxygens (including phenoxy) is 1. The number of hydrogen-bond donors (Lipinski definition) is 1. The van der Waals surface area contributed by atoms with Gasteiger partial charge in [-0.05, 0) is 17.7 Å². The van der Waals surface area contributed by atoms with Crippen LogP contribution < -0.4 is 4.74 Å². The topological polar surface area (TPSA) is 62.1 Å². The molecule has 1 aromatic rings. The van der Waals surface area contributed by atoms with Gasteiger partial charge in [-0.1, -0.05) is 12.1 Å². The second kappa shape index (κ2) is 5.53. The fourth-order valence-corrected chi connectivity index (χ4v) is 2.05. The van der Waals surface area contributed by atoms with Crippen LogP contribution in [0.5, 0.6) is 5.75 Å². The van der Waals surface area contributed by atoms with E-state index in [1.807, 2.05) is 29.2 Å². The summed E-state index contributed by atoms with van der Waals surface area (Å²) in [6.45, 7) is 1.50. The highest BCUT2D eigenvalue weighted by molar-refractivity contribution is 5.69. The molecular formula is C13H16N2O3. The van der Waals surface area contributed by atoms with Crippen LogP contribution >= 0.6 is 0 Å². The first-order valence-corrected chi connectivity index (χ1v) is 5.82. The summed E-state index contributed by atoms with van der Waals surface area (Å²) in [7, 11) is 1.61. The first kappa shape index (κ1) is 12.4. The van der Waals surface area contributed by atoms with Crippen molar-refractivity contribution in [2.24, 2.45) is 4.99 Å². The Bertz CT molecular complexity index is 442. The van der Waals surface area contributed by atoms with Gasteiger partial charge in [0.2, 0.25) is 0 Å². The van der Waals surface area contributed by atoms with Crippen LogP contribution in [0, 0.1) is 0 Å². The number of nitrogens with zero attached hydrogens (tertiary/aromatic N) is 2. The first-order valence-electron chi connectivity index (χ1n) is 5.82. The zero-order valence-electron chi connectivity index (χ0n) is 10.2. The zero-order valence-corrected chi connectivity index (χ0v) is 10.2. The normalized spacial score (nSPS) is 15.7. The van der Waals surface area contributed by atoms with E-state index in [0.717, 1.165) is 24.4 Å². The third kappa shape index (κ3) is 2.80. The van der Waals surface area contributed by atoms with Gasteiger partial charge in [0.1, 0.15) is 5.75 Å². The van der Waals surface area contributed by atoms with Crippen LogP contribution in [0.2, 0.25) is 0 Å². The monoisotopic (exact) mass is 248 g/mol. The molecule has 1 N–H and O–H groups in total. The molecule has 0 aliphatic carbocycles. The largest absolute Gasteiger partial charge is 0.497 e. The van der Waals surface area contributed by atoms with E-state index in [2.05, 4.69) is 4.99 Å². The van der Waals surface area contributed by atoms with E-state index in [-0.39, 0.29) is 12.5 Å². The van der Waals surface area contributed by atoms with Crippen LogP contribution in [0.25, 0.3) is 0 Å². The molecule has 1 aliphatic rings. The summed E-state index contributed by atoms with van der Waals surface area (Å²) < 4.78 is 5.10. The van der Waals surface area contributed by atoms with Crippen molar-refractivity contribution < 1.29 is 14.6 Å². The standard InChI is InChI=1S/C13H16N2O3/c1-18-11-4-2-10(3-5-11)12(8-13(16)17)15-7-6-14-9-15/h2-5,9,12H,6-8H2,1H3,(H,16,17). The Balaban J connectivity index is 2.20. The molecule has 2 rings (SSSR count). The van der Waals surface area contributed by atoms with E-state index < -0.39 is 5.97 Å². The third-order valence-electron chi connectivity index (χ3n) is 2.99. The summed E-state index contributed by atoms with van der Waals surface area (Å²) in [5, 5.41) is 9.01. The average Bonchev–Trinajstić information content (AvgIpc) is 2.89. The minimum absolute atomic E-state index is 0.0678. The SMILES string of the molecule is COc1ccc(C(CC(=O)O)N2C=NCC2)cc1. The van der Waals surface area contributed by atoms with Gasteiger partial charge in [-0.15, -0.1) is 0 Å². The highest BCUT2D eigenvalue weighted by Crippen LogP contribution is 2.26. The Hall–Kier alpha value is -2.04. The molecule has 0 radical (unpaired) electrons. The van der Waals surface area contributed by atoms with Gasteiger partial charge in [-0.2, -0.15) is 0 Å². The van der Waals surface area contributed by atoms with Gasteiger partial charge in [0, 0.05) is 6.54 Å². The van der Waals surface area contributed by atoms with E-state index in [1.165, 1.54) is 0 Å². The predicted molar refractivity (Wildman–Crippen MR) is 68.1 cm³/mol. The molecule has 0 amide bonds. The number of carboxylic acids is 1. The molecule has 0 aromatic heterocycles. The summed E-state index contributed by atoms with van der Waals surface area (Å²) >= 11 is 0. The van der Waals surface area contributed by atoms with Gasteiger partial charge >= 0.3 is 5.97 Å². The maximum atomic E-state index is 11.0. The highest BCUT2D eigenvalue weighted by Gasteiger charge is 2.23. The summed E-state index contributed by atoms with van der Waals surface area (Å²) in [5.74, 6) is -0.0426. The summed E-state index contributed by atoms with van der Waals surface area (Å²) in [5.41, 5.74) is 0.964. The van der Waals surface area contributed by atoms with Crippen LogP contribution in [0.3, 0.4) is 0 Å². The van der Waals surface area contributed by atoms with Gasteiger partial charge in [-0.3, -0.25) is 9.79 Å². The summed E-state index contributed by atoms with van der Waals surface area (Å²) in [4.78, 5) is 17.1. The van der Waals surface area contributed by atoms with Crippen LogP contribution in [0.1, 0.15) is 18.0 Å². The molecule has 0 bridgehead atoms. The van der Waals surface area contributed by atoms with Gasteiger partial charge in [0.15, 0.2) is 0 Å². The van der Waals surface area contributed by atoms with Gasteiger partial charge in [0.05, 0.1) is 32.5 Å². The van der Waals surface area contributed by atoms with Crippen LogP contribution in [0.4, 0.5) is 0 Å². The van der Waals surface area contributed by atoms with Crippen LogP contribution in [0.15, 0.2) is 29.3 Å². The Morgan fingerprint density at radius 3 is 2.72 bits per heavy atom. The number of aliphatic imine (C=N–C) groups is 1. The van der Waals surface area contributed by atoms with E-state index in [0.29, 0.717) is 0 Å². The molecule has 1 unspecified atom stereocenters. The van der Waals surface area contributed by atoms with Crippen LogP contribution in [-0.4, -0.2) is 42.5 Å². The molecule has 0 saturated heterocycles. The fraction of sp³-hybridized carbons (Fsp3) is 0.385. The molecule has 0 fully saturated rings. The number of hydrogen-bond acceptors (Lipinski definition) is 4. The highest BCUT2D eigenvalue weighted by atomic mass is 16.5. The van der Waals surface area contributed by atoms with Crippen LogP contribution in [-0.2, 0) is 4.79 Å². The van der Waals surface area contributed by atoms with Crippen molar-refractivity contribution in [1.29, 1.82) is 0 Å². The van der Waals surface area contributed by atoms with E-state index >= 15 is 0 Å². The smallest absolute Gasteiger partial charge is 0.305 e. The van der Waals surface area contributed by atoms with Crippen molar-refractivity contribution >= 4 is 12.3 Å². The number of benzene rings is 1. The van der Waals surface area contributed by atoms with Gasteiger partial charge in [0.25, 0.3) is 0 Å². The molecule has 5 nitrogen and oxygen atoms in total. The lowest BCUT2D eigenvalue weighted by molar-refractivity contribution is -0.138. The maximum absolute atomic E-state index is 11.0. The molecule has 0 spiro atoms. The van der Waals surface area contributed by atoms with Gasteiger partial charge in [-0.25, -0.2) is 0 Å². The average molecular weight is 248 g/mol.